The first kappa shape index (κ1) is 15.5. The molecule has 21 heavy (non-hydrogen) atoms. The minimum absolute atomic E-state index is 0.0880. The molecule has 0 saturated carbocycles. The standard InChI is InChI=1S/C17H16ClFO2/c1-10-7-11(2)16(12(3)8-10)15(20)9-21-17-13(18)5-4-6-14(17)19/h4-8H,9H2,1-3H3. The zero-order chi connectivity index (χ0) is 15.6. The van der Waals surface area contributed by atoms with Gasteiger partial charge in [0.05, 0.1) is 5.02 Å². The number of ketones is 1. The molecular weight excluding hydrogens is 291 g/mol. The average molecular weight is 307 g/mol. The maximum Gasteiger partial charge on any atom is 0.200 e. The predicted octanol–water partition coefficient (Wildman–Crippen LogP) is 4.67. The van der Waals surface area contributed by atoms with Crippen LogP contribution >= 0.6 is 11.6 Å². The first-order chi connectivity index (χ1) is 9.90. The number of benzene rings is 2. The van der Waals surface area contributed by atoms with Gasteiger partial charge in [-0.05, 0) is 44.0 Å². The van der Waals surface area contributed by atoms with Gasteiger partial charge in [-0.3, -0.25) is 4.79 Å². The van der Waals surface area contributed by atoms with Crippen LogP contribution in [0.3, 0.4) is 0 Å². The smallest absolute Gasteiger partial charge is 0.200 e. The fraction of sp³-hybridized carbons (Fsp3) is 0.235. The lowest BCUT2D eigenvalue weighted by atomic mass is 9.97. The van der Waals surface area contributed by atoms with Crippen molar-refractivity contribution in [3.05, 3.63) is 63.4 Å². The number of aryl methyl sites for hydroxylation is 3. The highest BCUT2D eigenvalue weighted by molar-refractivity contribution is 6.32. The Bertz CT molecular complexity index is 652. The fourth-order valence-corrected chi connectivity index (χ4v) is 2.67. The van der Waals surface area contributed by atoms with Gasteiger partial charge in [0.15, 0.2) is 18.2 Å². The minimum Gasteiger partial charge on any atom is -0.481 e. The Balaban J connectivity index is 2.20. The summed E-state index contributed by atoms with van der Waals surface area (Å²) in [6, 6.07) is 8.13. The number of carbonyl (C=O) groups excluding carboxylic acids is 1. The van der Waals surface area contributed by atoms with Crippen LogP contribution < -0.4 is 4.74 Å². The molecule has 0 aromatic heterocycles. The second-order valence-corrected chi connectivity index (χ2v) is 5.44. The van der Waals surface area contributed by atoms with Crippen LogP contribution in [0, 0.1) is 26.6 Å². The summed E-state index contributed by atoms with van der Waals surface area (Å²) >= 11 is 5.87. The molecule has 0 aliphatic carbocycles. The second kappa shape index (κ2) is 6.27. The highest BCUT2D eigenvalue weighted by Crippen LogP contribution is 2.27. The molecule has 0 amide bonds. The average Bonchev–Trinajstić information content (AvgIpc) is 2.36. The van der Waals surface area contributed by atoms with Gasteiger partial charge in [-0.1, -0.05) is 35.4 Å². The highest BCUT2D eigenvalue weighted by atomic mass is 35.5. The molecule has 110 valence electrons. The molecule has 0 unspecified atom stereocenters. The van der Waals surface area contributed by atoms with Gasteiger partial charge in [0.1, 0.15) is 0 Å². The topological polar surface area (TPSA) is 26.3 Å². The predicted molar refractivity (Wildman–Crippen MR) is 81.9 cm³/mol. The van der Waals surface area contributed by atoms with Crippen molar-refractivity contribution in [3.8, 4) is 5.75 Å². The van der Waals surface area contributed by atoms with Gasteiger partial charge in [0.2, 0.25) is 5.78 Å². The molecule has 0 heterocycles. The SMILES string of the molecule is Cc1cc(C)c(C(=O)COc2c(F)cccc2Cl)c(C)c1. The molecule has 0 radical (unpaired) electrons. The molecule has 0 saturated heterocycles. The van der Waals surface area contributed by atoms with Crippen LogP contribution in [0.4, 0.5) is 4.39 Å². The third-order valence-electron chi connectivity index (χ3n) is 3.22. The Kier molecular flexibility index (Phi) is 4.63. The van der Waals surface area contributed by atoms with Gasteiger partial charge in [0, 0.05) is 5.56 Å². The van der Waals surface area contributed by atoms with E-state index in [1.165, 1.54) is 18.2 Å². The lowest BCUT2D eigenvalue weighted by molar-refractivity contribution is 0.0917. The van der Waals surface area contributed by atoms with E-state index in [1.54, 1.807) is 0 Å². The summed E-state index contributed by atoms with van der Waals surface area (Å²) in [6.07, 6.45) is 0. The molecule has 2 rings (SSSR count). The second-order valence-electron chi connectivity index (χ2n) is 5.04. The van der Waals surface area contributed by atoms with Gasteiger partial charge in [0.25, 0.3) is 0 Å². The van der Waals surface area contributed by atoms with Gasteiger partial charge in [-0.25, -0.2) is 4.39 Å². The van der Waals surface area contributed by atoms with E-state index in [9.17, 15) is 9.18 Å². The van der Waals surface area contributed by atoms with Crippen LogP contribution in [-0.2, 0) is 0 Å². The van der Waals surface area contributed by atoms with Crippen molar-refractivity contribution in [3.63, 3.8) is 0 Å². The molecule has 0 aliphatic rings. The monoisotopic (exact) mass is 306 g/mol. The molecule has 0 atom stereocenters. The van der Waals surface area contributed by atoms with E-state index in [4.69, 9.17) is 16.3 Å². The van der Waals surface area contributed by atoms with Crippen LogP contribution in [0.15, 0.2) is 30.3 Å². The third kappa shape index (κ3) is 3.42. The molecule has 0 bridgehead atoms. The van der Waals surface area contributed by atoms with E-state index in [2.05, 4.69) is 0 Å². The number of para-hydroxylation sites is 1. The molecule has 0 fully saturated rings. The third-order valence-corrected chi connectivity index (χ3v) is 3.52. The van der Waals surface area contributed by atoms with Crippen molar-refractivity contribution in [1.82, 2.24) is 0 Å². The molecule has 2 aromatic rings. The minimum atomic E-state index is -0.576. The first-order valence-corrected chi connectivity index (χ1v) is 6.96. The number of rotatable bonds is 4. The number of Topliss-reactive ketones (excluding diaryl/α,β-unsaturated/α-hetero) is 1. The normalized spacial score (nSPS) is 10.5. The molecule has 0 spiro atoms. The highest BCUT2D eigenvalue weighted by Gasteiger charge is 2.15. The van der Waals surface area contributed by atoms with E-state index in [-0.39, 0.29) is 23.2 Å². The van der Waals surface area contributed by atoms with E-state index >= 15 is 0 Å². The van der Waals surface area contributed by atoms with Crippen molar-refractivity contribution >= 4 is 17.4 Å². The lowest BCUT2D eigenvalue weighted by Crippen LogP contribution is -2.15. The first-order valence-electron chi connectivity index (χ1n) is 6.58. The van der Waals surface area contributed by atoms with Crippen LogP contribution in [0.25, 0.3) is 0 Å². The quantitative estimate of drug-likeness (QED) is 0.768. The maximum atomic E-state index is 13.6. The molecule has 4 heteroatoms. The van der Waals surface area contributed by atoms with Gasteiger partial charge in [-0.15, -0.1) is 0 Å². The number of hydrogen-bond acceptors (Lipinski definition) is 2. The summed E-state index contributed by atoms with van der Waals surface area (Å²) < 4.78 is 18.9. The molecule has 0 N–H and O–H groups in total. The maximum absolute atomic E-state index is 13.6. The van der Waals surface area contributed by atoms with E-state index < -0.39 is 5.82 Å². The van der Waals surface area contributed by atoms with Crippen LogP contribution in [0.2, 0.25) is 5.02 Å². The van der Waals surface area contributed by atoms with Crippen LogP contribution in [0.1, 0.15) is 27.0 Å². The number of ether oxygens (including phenoxy) is 1. The molecular formula is C17H16ClFO2. The largest absolute Gasteiger partial charge is 0.481 e. The summed E-state index contributed by atoms with van der Waals surface area (Å²) in [4.78, 5) is 12.3. The Hall–Kier alpha value is -1.87. The van der Waals surface area contributed by atoms with Crippen molar-refractivity contribution in [1.29, 1.82) is 0 Å². The van der Waals surface area contributed by atoms with Crippen molar-refractivity contribution in [2.24, 2.45) is 0 Å². The Morgan fingerprint density at radius 1 is 1.19 bits per heavy atom. The zero-order valence-corrected chi connectivity index (χ0v) is 12.9. The van der Waals surface area contributed by atoms with Gasteiger partial charge < -0.3 is 4.74 Å². The Morgan fingerprint density at radius 3 is 2.38 bits per heavy atom. The van der Waals surface area contributed by atoms with E-state index in [1.807, 2.05) is 32.9 Å². The van der Waals surface area contributed by atoms with Gasteiger partial charge >= 0.3 is 0 Å². The fourth-order valence-electron chi connectivity index (χ4n) is 2.45. The summed E-state index contributed by atoms with van der Waals surface area (Å²) in [5.74, 6) is -0.855. The molecule has 2 nitrogen and oxygen atoms in total. The lowest BCUT2D eigenvalue weighted by Gasteiger charge is -2.12. The zero-order valence-electron chi connectivity index (χ0n) is 12.2. The Labute approximate surface area is 128 Å². The Morgan fingerprint density at radius 2 is 1.81 bits per heavy atom. The van der Waals surface area contributed by atoms with Gasteiger partial charge in [-0.2, -0.15) is 0 Å². The molecule has 0 aliphatic heterocycles. The number of carbonyl (C=O) groups is 1. The number of hydrogen-bond donors (Lipinski definition) is 0. The van der Waals surface area contributed by atoms with E-state index in [0.717, 1.165) is 16.7 Å². The summed E-state index contributed by atoms with van der Waals surface area (Å²) in [6.45, 7) is 5.49. The van der Waals surface area contributed by atoms with Crippen molar-refractivity contribution in [2.45, 2.75) is 20.8 Å². The number of halogens is 2. The summed E-state index contributed by atoms with van der Waals surface area (Å²) in [5, 5.41) is 0.153. The summed E-state index contributed by atoms with van der Waals surface area (Å²) in [5.41, 5.74) is 3.49. The van der Waals surface area contributed by atoms with Crippen LogP contribution in [-0.4, -0.2) is 12.4 Å². The van der Waals surface area contributed by atoms with E-state index in [0.29, 0.717) is 5.56 Å². The summed E-state index contributed by atoms with van der Waals surface area (Å²) in [7, 11) is 0. The molecule has 2 aromatic carbocycles. The van der Waals surface area contributed by atoms with Crippen molar-refractivity contribution < 1.29 is 13.9 Å². The van der Waals surface area contributed by atoms with Crippen molar-refractivity contribution in [2.75, 3.05) is 6.61 Å². The van der Waals surface area contributed by atoms with Crippen LogP contribution in [0.5, 0.6) is 5.75 Å².